The van der Waals surface area contributed by atoms with Gasteiger partial charge in [0.1, 0.15) is 18.1 Å². The molecule has 0 aliphatic heterocycles. The average Bonchev–Trinajstić information content (AvgIpc) is 2.90. The lowest BCUT2D eigenvalue weighted by molar-refractivity contribution is -0.141. The first-order valence-corrected chi connectivity index (χ1v) is 7.30. The molecule has 128 valence electrons. The number of hydrogen-bond donors (Lipinski definition) is 1. The molecule has 24 heavy (non-hydrogen) atoms. The zero-order valence-corrected chi connectivity index (χ0v) is 13.3. The summed E-state index contributed by atoms with van der Waals surface area (Å²) in [6.45, 7) is 2.69. The molecule has 2 rings (SSSR count). The number of ether oxygens (including phenoxy) is 1. The minimum atomic E-state index is -4.32. The largest absolute Gasteiger partial charge is 0.489 e. The molecule has 0 bridgehead atoms. The number of aromatic nitrogens is 2. The van der Waals surface area contributed by atoms with Crippen molar-refractivity contribution in [2.75, 3.05) is 5.32 Å². The van der Waals surface area contributed by atoms with Gasteiger partial charge in [-0.05, 0) is 32.0 Å². The van der Waals surface area contributed by atoms with Crippen LogP contribution in [-0.4, -0.2) is 21.8 Å². The number of nitriles is 1. The van der Waals surface area contributed by atoms with Gasteiger partial charge in [-0.15, -0.1) is 0 Å². The fraction of sp³-hybridized carbons (Fsp3) is 0.375. The molecule has 5 nitrogen and oxygen atoms in total. The number of imidazole rings is 1. The van der Waals surface area contributed by atoms with Crippen LogP contribution in [0, 0.1) is 11.3 Å². The predicted octanol–water partition coefficient (Wildman–Crippen LogP) is 3.72. The lowest BCUT2D eigenvalue weighted by Crippen LogP contribution is -2.20. The van der Waals surface area contributed by atoms with Crippen LogP contribution in [0.5, 0.6) is 5.75 Å². The summed E-state index contributed by atoms with van der Waals surface area (Å²) in [5, 5.41) is 12.0. The molecule has 0 atom stereocenters. The summed E-state index contributed by atoms with van der Waals surface area (Å²) >= 11 is 0. The van der Waals surface area contributed by atoms with Gasteiger partial charge in [0.15, 0.2) is 0 Å². The van der Waals surface area contributed by atoms with Crippen LogP contribution in [0.3, 0.4) is 0 Å². The van der Waals surface area contributed by atoms with Crippen LogP contribution < -0.4 is 10.1 Å². The van der Waals surface area contributed by atoms with Crippen LogP contribution >= 0.6 is 0 Å². The minimum absolute atomic E-state index is 0.0758. The molecule has 1 heterocycles. The van der Waals surface area contributed by atoms with E-state index in [1.807, 2.05) is 19.9 Å². The molecule has 0 aliphatic carbocycles. The first kappa shape index (κ1) is 17.7. The molecule has 1 N–H and O–H groups in total. The molecule has 8 heteroatoms. The molecular formula is C16H17F3N4O. The van der Waals surface area contributed by atoms with Gasteiger partial charge in [0, 0.05) is 12.4 Å². The van der Waals surface area contributed by atoms with Crippen molar-refractivity contribution in [2.45, 2.75) is 39.2 Å². The third-order valence-electron chi connectivity index (χ3n) is 3.06. The van der Waals surface area contributed by atoms with Gasteiger partial charge in [0.05, 0.1) is 30.0 Å². The van der Waals surface area contributed by atoms with Gasteiger partial charge in [-0.2, -0.15) is 18.4 Å². The van der Waals surface area contributed by atoms with E-state index in [0.717, 1.165) is 4.57 Å². The summed E-state index contributed by atoms with van der Waals surface area (Å²) < 4.78 is 44.3. The Hall–Kier alpha value is -2.69. The molecular weight excluding hydrogens is 321 g/mol. The third kappa shape index (κ3) is 4.91. The summed E-state index contributed by atoms with van der Waals surface area (Å²) in [5.41, 5.74) is 0.955. The third-order valence-corrected chi connectivity index (χ3v) is 3.06. The van der Waals surface area contributed by atoms with Crippen molar-refractivity contribution >= 4 is 5.69 Å². The van der Waals surface area contributed by atoms with Gasteiger partial charge >= 0.3 is 6.18 Å². The Morgan fingerprint density at radius 2 is 2.12 bits per heavy atom. The Balaban J connectivity index is 2.17. The number of hydrogen-bond acceptors (Lipinski definition) is 4. The number of alkyl halides is 3. The molecule has 2 aromatic rings. The highest BCUT2D eigenvalue weighted by Crippen LogP contribution is 2.27. The highest BCUT2D eigenvalue weighted by atomic mass is 19.4. The van der Waals surface area contributed by atoms with E-state index >= 15 is 0 Å². The van der Waals surface area contributed by atoms with E-state index in [1.165, 1.54) is 12.4 Å². The van der Waals surface area contributed by atoms with Crippen LogP contribution in [-0.2, 0) is 13.1 Å². The van der Waals surface area contributed by atoms with Gasteiger partial charge < -0.3 is 14.6 Å². The summed E-state index contributed by atoms with van der Waals surface area (Å²) in [7, 11) is 0. The summed E-state index contributed by atoms with van der Waals surface area (Å²) in [5.74, 6) is 0.767. The fourth-order valence-corrected chi connectivity index (χ4v) is 2.11. The van der Waals surface area contributed by atoms with E-state index in [0.29, 0.717) is 17.0 Å². The van der Waals surface area contributed by atoms with E-state index in [2.05, 4.69) is 10.3 Å². The minimum Gasteiger partial charge on any atom is -0.489 e. The Labute approximate surface area is 137 Å². The maximum atomic E-state index is 12.5. The Morgan fingerprint density at radius 3 is 2.75 bits per heavy atom. The van der Waals surface area contributed by atoms with Gasteiger partial charge in [0.2, 0.25) is 0 Å². The lowest BCUT2D eigenvalue weighted by atomic mass is 10.2. The molecule has 0 radical (unpaired) electrons. The van der Waals surface area contributed by atoms with Crippen LogP contribution in [0.15, 0.2) is 30.6 Å². The fourth-order valence-electron chi connectivity index (χ4n) is 2.11. The number of rotatable bonds is 6. The topological polar surface area (TPSA) is 62.9 Å². The molecule has 0 amide bonds. The molecule has 0 unspecified atom stereocenters. The molecule has 1 aromatic heterocycles. The number of anilines is 1. The van der Waals surface area contributed by atoms with Crippen molar-refractivity contribution in [3.8, 4) is 11.8 Å². The SMILES string of the molecule is CC(C)Oc1ccc(C#N)cc1NCc1nccn1CC(F)(F)F. The van der Waals surface area contributed by atoms with E-state index in [9.17, 15) is 13.2 Å². The first-order valence-electron chi connectivity index (χ1n) is 7.30. The normalized spacial score (nSPS) is 11.4. The summed E-state index contributed by atoms with van der Waals surface area (Å²) in [6, 6.07) is 6.88. The molecule has 1 aromatic carbocycles. The maximum Gasteiger partial charge on any atom is 0.406 e. The van der Waals surface area contributed by atoms with E-state index in [-0.39, 0.29) is 18.5 Å². The van der Waals surface area contributed by atoms with Crippen LogP contribution in [0.25, 0.3) is 0 Å². The second kappa shape index (κ2) is 7.25. The van der Waals surface area contributed by atoms with Gasteiger partial charge in [0.25, 0.3) is 0 Å². The molecule has 0 fully saturated rings. The Morgan fingerprint density at radius 1 is 1.38 bits per heavy atom. The summed E-state index contributed by atoms with van der Waals surface area (Å²) in [4.78, 5) is 3.94. The zero-order valence-electron chi connectivity index (χ0n) is 13.3. The predicted molar refractivity (Wildman–Crippen MR) is 82.5 cm³/mol. The second-order valence-electron chi connectivity index (χ2n) is 5.43. The summed E-state index contributed by atoms with van der Waals surface area (Å²) in [6.07, 6.45) is -1.80. The van der Waals surface area contributed by atoms with Crippen LogP contribution in [0.2, 0.25) is 0 Å². The lowest BCUT2D eigenvalue weighted by Gasteiger charge is -2.16. The first-order chi connectivity index (χ1) is 11.3. The standard InChI is InChI=1S/C16H17F3N4O/c1-11(2)24-14-4-3-12(8-20)7-13(14)22-9-15-21-5-6-23(15)10-16(17,18)19/h3-7,11,22H,9-10H2,1-2H3. The molecule has 0 saturated heterocycles. The number of halogens is 3. The van der Waals surface area contributed by atoms with E-state index in [1.54, 1.807) is 18.2 Å². The van der Waals surface area contributed by atoms with Crippen molar-refractivity contribution < 1.29 is 17.9 Å². The van der Waals surface area contributed by atoms with Crippen LogP contribution in [0.4, 0.5) is 18.9 Å². The molecule has 0 aliphatic rings. The van der Waals surface area contributed by atoms with Crippen molar-refractivity contribution in [2.24, 2.45) is 0 Å². The van der Waals surface area contributed by atoms with Crippen molar-refractivity contribution in [1.82, 2.24) is 9.55 Å². The Bertz CT molecular complexity index is 732. The number of nitrogens with zero attached hydrogens (tertiary/aromatic N) is 3. The van der Waals surface area contributed by atoms with Gasteiger partial charge in [-0.3, -0.25) is 0 Å². The highest BCUT2D eigenvalue weighted by molar-refractivity contribution is 5.60. The number of benzene rings is 1. The van der Waals surface area contributed by atoms with Crippen molar-refractivity contribution in [3.05, 3.63) is 42.0 Å². The molecule has 0 spiro atoms. The molecule has 0 saturated carbocycles. The van der Waals surface area contributed by atoms with Gasteiger partial charge in [-0.1, -0.05) is 0 Å². The number of nitrogens with one attached hydrogen (secondary N) is 1. The van der Waals surface area contributed by atoms with Crippen LogP contribution in [0.1, 0.15) is 25.2 Å². The highest BCUT2D eigenvalue weighted by Gasteiger charge is 2.28. The van der Waals surface area contributed by atoms with Gasteiger partial charge in [-0.25, -0.2) is 4.98 Å². The zero-order chi connectivity index (χ0) is 17.7. The quantitative estimate of drug-likeness (QED) is 0.872. The average molecular weight is 338 g/mol. The van der Waals surface area contributed by atoms with Crippen molar-refractivity contribution in [1.29, 1.82) is 5.26 Å². The monoisotopic (exact) mass is 338 g/mol. The second-order valence-corrected chi connectivity index (χ2v) is 5.43. The maximum absolute atomic E-state index is 12.5. The van der Waals surface area contributed by atoms with E-state index in [4.69, 9.17) is 10.00 Å². The van der Waals surface area contributed by atoms with Crippen molar-refractivity contribution in [3.63, 3.8) is 0 Å². The smallest absolute Gasteiger partial charge is 0.406 e. The van der Waals surface area contributed by atoms with E-state index < -0.39 is 12.7 Å². The Kier molecular flexibility index (Phi) is 5.34.